The molecule has 8 heteroatoms. The molecule has 3 aromatic rings. The molecule has 0 aliphatic rings. The number of nitrogens with two attached hydrogens (primary N) is 1. The van der Waals surface area contributed by atoms with Gasteiger partial charge in [-0.25, -0.2) is 9.97 Å². The monoisotopic (exact) mass is 404 g/mol. The number of likely N-dealkylation sites (N-methyl/N-ethyl adjacent to an activating group) is 1. The number of aromatic nitrogens is 2. The Labute approximate surface area is 166 Å². The highest BCUT2D eigenvalue weighted by molar-refractivity contribution is 6.38. The first-order valence-electron chi connectivity index (χ1n) is 8.21. The number of fused-ring (bicyclic) bond motifs is 1. The van der Waals surface area contributed by atoms with Crippen LogP contribution in [0, 0.1) is 6.92 Å². The average Bonchev–Trinajstić information content (AvgIpc) is 2.66. The van der Waals surface area contributed by atoms with Crippen molar-refractivity contribution >= 4 is 45.8 Å². The Morgan fingerprint density at radius 3 is 2.78 bits per heavy atom. The molecule has 2 N–H and O–H groups in total. The third-order valence-electron chi connectivity index (χ3n) is 4.10. The number of ether oxygens (including phenoxy) is 1. The van der Waals surface area contributed by atoms with Gasteiger partial charge in [0.1, 0.15) is 17.9 Å². The quantitative estimate of drug-likeness (QED) is 0.699. The van der Waals surface area contributed by atoms with E-state index in [0.29, 0.717) is 32.6 Å². The van der Waals surface area contributed by atoms with E-state index in [-0.39, 0.29) is 19.1 Å². The Bertz CT molecular complexity index is 1010. The predicted molar refractivity (Wildman–Crippen MR) is 108 cm³/mol. The van der Waals surface area contributed by atoms with Gasteiger partial charge in [-0.2, -0.15) is 0 Å². The summed E-state index contributed by atoms with van der Waals surface area (Å²) in [5.41, 5.74) is 8.74. The molecule has 0 saturated carbocycles. The first-order valence-corrected chi connectivity index (χ1v) is 8.96. The molecule has 0 bridgehead atoms. The highest BCUT2D eigenvalue weighted by atomic mass is 35.5. The normalized spacial score (nSPS) is 10.9. The van der Waals surface area contributed by atoms with Crippen molar-refractivity contribution in [2.75, 3.05) is 18.5 Å². The largest absolute Gasteiger partial charge is 0.486 e. The molecule has 1 aromatic heterocycles. The van der Waals surface area contributed by atoms with Crippen molar-refractivity contribution < 1.29 is 9.53 Å². The van der Waals surface area contributed by atoms with E-state index in [4.69, 9.17) is 33.7 Å². The Hall–Kier alpha value is -2.41. The van der Waals surface area contributed by atoms with Crippen LogP contribution in [0.2, 0.25) is 10.0 Å². The number of anilines is 1. The van der Waals surface area contributed by atoms with Gasteiger partial charge in [0, 0.05) is 23.8 Å². The topological polar surface area (TPSA) is 81.3 Å². The number of para-hydroxylation sites is 1. The number of aryl methyl sites for hydroxylation is 1. The van der Waals surface area contributed by atoms with Gasteiger partial charge in [0.25, 0.3) is 0 Å². The van der Waals surface area contributed by atoms with Gasteiger partial charge in [0.15, 0.2) is 0 Å². The minimum Gasteiger partial charge on any atom is -0.486 e. The van der Waals surface area contributed by atoms with Crippen molar-refractivity contribution in [1.82, 2.24) is 9.97 Å². The standard InChI is InChI=1S/C19H18Cl2N4O2/c1-11-9-23-19-14(24-11)4-3-5-16(19)27-10-12-13(20)6-7-15(18(12)21)25(2)17(26)8-22/h3-7,9H,8,10,22H2,1-2H3. The summed E-state index contributed by atoms with van der Waals surface area (Å²) in [4.78, 5) is 22.1. The van der Waals surface area contributed by atoms with Crippen LogP contribution in [0.5, 0.6) is 5.75 Å². The lowest BCUT2D eigenvalue weighted by atomic mass is 10.2. The maximum absolute atomic E-state index is 11.9. The zero-order chi connectivity index (χ0) is 19.6. The summed E-state index contributed by atoms with van der Waals surface area (Å²) in [6.07, 6.45) is 1.68. The van der Waals surface area contributed by atoms with Gasteiger partial charge in [0.05, 0.1) is 28.5 Å². The van der Waals surface area contributed by atoms with E-state index in [2.05, 4.69) is 9.97 Å². The summed E-state index contributed by atoms with van der Waals surface area (Å²) in [6, 6.07) is 8.87. The van der Waals surface area contributed by atoms with Gasteiger partial charge in [-0.05, 0) is 31.2 Å². The molecule has 0 spiro atoms. The second kappa shape index (κ2) is 8.08. The van der Waals surface area contributed by atoms with Crippen molar-refractivity contribution in [3.8, 4) is 5.75 Å². The van der Waals surface area contributed by atoms with E-state index in [0.717, 1.165) is 11.2 Å². The molecule has 0 aliphatic heterocycles. The number of benzene rings is 2. The summed E-state index contributed by atoms with van der Waals surface area (Å²) in [5, 5.41) is 0.786. The maximum Gasteiger partial charge on any atom is 0.240 e. The third kappa shape index (κ3) is 3.98. The summed E-state index contributed by atoms with van der Waals surface area (Å²) >= 11 is 12.8. The number of rotatable bonds is 5. The molecule has 0 radical (unpaired) electrons. The van der Waals surface area contributed by atoms with Gasteiger partial charge in [-0.3, -0.25) is 4.79 Å². The van der Waals surface area contributed by atoms with E-state index in [1.165, 1.54) is 4.90 Å². The number of carbonyl (C=O) groups excluding carboxylic acids is 1. The van der Waals surface area contributed by atoms with Crippen molar-refractivity contribution in [2.24, 2.45) is 5.73 Å². The molecule has 1 heterocycles. The molecule has 27 heavy (non-hydrogen) atoms. The molecule has 1 amide bonds. The molecule has 0 saturated heterocycles. The van der Waals surface area contributed by atoms with Crippen LogP contribution in [-0.2, 0) is 11.4 Å². The summed E-state index contributed by atoms with van der Waals surface area (Å²) in [7, 11) is 1.61. The Morgan fingerprint density at radius 2 is 2.04 bits per heavy atom. The van der Waals surface area contributed by atoms with Crippen LogP contribution in [0.15, 0.2) is 36.5 Å². The SMILES string of the molecule is Cc1cnc2c(OCc3c(Cl)ccc(N(C)C(=O)CN)c3Cl)cccc2n1. The Kier molecular flexibility index (Phi) is 5.79. The Balaban J connectivity index is 1.92. The summed E-state index contributed by atoms with van der Waals surface area (Å²) in [5.74, 6) is 0.315. The van der Waals surface area contributed by atoms with Gasteiger partial charge >= 0.3 is 0 Å². The second-order valence-corrected chi connectivity index (χ2v) is 6.73. The predicted octanol–water partition coefficient (Wildman–Crippen LogP) is 3.75. The highest BCUT2D eigenvalue weighted by Gasteiger charge is 2.18. The van der Waals surface area contributed by atoms with Crippen LogP contribution >= 0.6 is 23.2 Å². The van der Waals surface area contributed by atoms with Crippen LogP contribution in [0.1, 0.15) is 11.3 Å². The van der Waals surface area contributed by atoms with Crippen molar-refractivity contribution in [3.05, 3.63) is 57.8 Å². The summed E-state index contributed by atoms with van der Waals surface area (Å²) in [6.45, 7) is 1.88. The number of halogens is 2. The Morgan fingerprint density at radius 1 is 1.26 bits per heavy atom. The minimum absolute atomic E-state index is 0.116. The second-order valence-electron chi connectivity index (χ2n) is 5.94. The minimum atomic E-state index is -0.259. The average molecular weight is 405 g/mol. The van der Waals surface area contributed by atoms with Gasteiger partial charge in [0.2, 0.25) is 5.91 Å². The number of hydrogen-bond acceptors (Lipinski definition) is 5. The molecule has 0 aliphatic carbocycles. The number of amides is 1. The first kappa shape index (κ1) is 19.4. The number of carbonyl (C=O) groups is 1. The van der Waals surface area contributed by atoms with Gasteiger partial charge < -0.3 is 15.4 Å². The zero-order valence-electron chi connectivity index (χ0n) is 14.9. The van der Waals surface area contributed by atoms with E-state index < -0.39 is 0 Å². The number of nitrogens with zero attached hydrogens (tertiary/aromatic N) is 3. The van der Waals surface area contributed by atoms with E-state index in [9.17, 15) is 4.79 Å². The zero-order valence-corrected chi connectivity index (χ0v) is 16.4. The van der Waals surface area contributed by atoms with E-state index in [1.807, 2.05) is 25.1 Å². The maximum atomic E-state index is 11.9. The first-order chi connectivity index (χ1) is 12.9. The van der Waals surface area contributed by atoms with E-state index in [1.54, 1.807) is 25.4 Å². The summed E-state index contributed by atoms with van der Waals surface area (Å²) < 4.78 is 5.93. The third-order valence-corrected chi connectivity index (χ3v) is 4.88. The van der Waals surface area contributed by atoms with Crippen molar-refractivity contribution in [1.29, 1.82) is 0 Å². The molecular weight excluding hydrogens is 387 g/mol. The number of hydrogen-bond donors (Lipinski definition) is 1. The molecular formula is C19H18Cl2N4O2. The lowest BCUT2D eigenvalue weighted by molar-refractivity contribution is -0.117. The van der Waals surface area contributed by atoms with Gasteiger partial charge in [-0.15, -0.1) is 0 Å². The van der Waals surface area contributed by atoms with Gasteiger partial charge in [-0.1, -0.05) is 29.3 Å². The smallest absolute Gasteiger partial charge is 0.240 e. The fourth-order valence-corrected chi connectivity index (χ4v) is 3.23. The molecule has 0 unspecified atom stereocenters. The van der Waals surface area contributed by atoms with Crippen LogP contribution in [0.4, 0.5) is 5.69 Å². The van der Waals surface area contributed by atoms with Crippen LogP contribution in [0.3, 0.4) is 0 Å². The molecule has 2 aromatic carbocycles. The molecule has 0 atom stereocenters. The van der Waals surface area contributed by atoms with Crippen LogP contribution in [0.25, 0.3) is 11.0 Å². The molecule has 3 rings (SSSR count). The molecule has 140 valence electrons. The lowest BCUT2D eigenvalue weighted by Gasteiger charge is -2.20. The highest BCUT2D eigenvalue weighted by Crippen LogP contribution is 2.35. The van der Waals surface area contributed by atoms with E-state index >= 15 is 0 Å². The fraction of sp³-hybridized carbons (Fsp3) is 0.211. The molecule has 0 fully saturated rings. The van der Waals surface area contributed by atoms with Crippen LogP contribution in [-0.4, -0.2) is 29.5 Å². The fourth-order valence-electron chi connectivity index (χ4n) is 2.62. The van der Waals surface area contributed by atoms with Crippen molar-refractivity contribution in [2.45, 2.75) is 13.5 Å². The molecule has 6 nitrogen and oxygen atoms in total. The van der Waals surface area contributed by atoms with Crippen LogP contribution < -0.4 is 15.4 Å². The lowest BCUT2D eigenvalue weighted by Crippen LogP contribution is -2.32. The van der Waals surface area contributed by atoms with Crippen molar-refractivity contribution in [3.63, 3.8) is 0 Å².